The molecule has 10 nitrogen and oxygen atoms in total. The average molecular weight is 547 g/mol. The number of carbonyl (C=O) groups is 1. The molecule has 0 fully saturated rings. The summed E-state index contributed by atoms with van der Waals surface area (Å²) in [5.41, 5.74) is 2.05. The molecule has 1 heterocycles. The second-order valence-corrected chi connectivity index (χ2v) is 8.65. The first-order valence-electron chi connectivity index (χ1n) is 12.9. The maximum atomic E-state index is 13.0. The summed E-state index contributed by atoms with van der Waals surface area (Å²) in [6.07, 6.45) is 0.921. The minimum Gasteiger partial charge on any atom is -0.508 e. The van der Waals surface area contributed by atoms with Gasteiger partial charge in [0.05, 0.1) is 19.8 Å². The molecule has 0 bridgehead atoms. The van der Waals surface area contributed by atoms with Crippen LogP contribution in [0.5, 0.6) is 5.75 Å². The second-order valence-electron chi connectivity index (χ2n) is 8.65. The molecule has 0 saturated heterocycles. The first-order chi connectivity index (χ1) is 19.5. The Morgan fingerprint density at radius 1 is 0.725 bits per heavy atom. The van der Waals surface area contributed by atoms with Crippen LogP contribution in [-0.4, -0.2) is 58.8 Å². The largest absolute Gasteiger partial charge is 0.508 e. The van der Waals surface area contributed by atoms with Crippen LogP contribution in [0.4, 0.5) is 33.6 Å². The number of phenolic OH excluding ortho intramolecular Hbond substituents is 1. The number of carbonyl (C=O) groups excluding carboxylic acids is 1. The predicted octanol–water partition coefficient (Wildman–Crippen LogP) is 5.31. The van der Waals surface area contributed by atoms with Crippen LogP contribution in [0, 0.1) is 5.82 Å². The minimum atomic E-state index is -0.361. The highest BCUT2D eigenvalue weighted by molar-refractivity contribution is 5.95. The van der Waals surface area contributed by atoms with Crippen molar-refractivity contribution in [2.75, 3.05) is 48.9 Å². The van der Waals surface area contributed by atoms with E-state index in [0.717, 1.165) is 5.69 Å². The van der Waals surface area contributed by atoms with Gasteiger partial charge in [0.15, 0.2) is 5.78 Å². The van der Waals surface area contributed by atoms with Crippen LogP contribution >= 0.6 is 0 Å². The molecule has 0 spiro atoms. The summed E-state index contributed by atoms with van der Waals surface area (Å²) in [5.74, 6) is 0.817. The van der Waals surface area contributed by atoms with E-state index in [0.29, 0.717) is 74.9 Å². The quantitative estimate of drug-likeness (QED) is 0.0833. The molecular formula is C29H31FN6O4. The molecule has 4 rings (SSSR count). The Hall–Kier alpha value is -4.61. The third-order valence-electron chi connectivity index (χ3n) is 5.55. The maximum absolute atomic E-state index is 13.0. The summed E-state index contributed by atoms with van der Waals surface area (Å²) in [7, 11) is 0. The molecule has 4 aromatic rings. The highest BCUT2D eigenvalue weighted by atomic mass is 19.1. The van der Waals surface area contributed by atoms with Gasteiger partial charge in [-0.1, -0.05) is 18.2 Å². The Kier molecular flexibility index (Phi) is 10.7. The number of halogens is 1. The number of para-hydroxylation sites is 1. The summed E-state index contributed by atoms with van der Waals surface area (Å²) in [6, 6.07) is 21.7. The molecule has 11 heteroatoms. The first kappa shape index (κ1) is 28.4. The smallest absolute Gasteiger partial charge is 0.233 e. The van der Waals surface area contributed by atoms with Gasteiger partial charge < -0.3 is 30.5 Å². The summed E-state index contributed by atoms with van der Waals surface area (Å²) in [6.45, 7) is 2.11. The van der Waals surface area contributed by atoms with E-state index in [1.807, 2.05) is 30.3 Å². The molecule has 0 radical (unpaired) electrons. The van der Waals surface area contributed by atoms with Gasteiger partial charge >= 0.3 is 0 Å². The van der Waals surface area contributed by atoms with Crippen molar-refractivity contribution in [1.29, 1.82) is 0 Å². The third kappa shape index (κ3) is 9.61. The molecule has 0 unspecified atom stereocenters. The molecule has 40 heavy (non-hydrogen) atoms. The van der Waals surface area contributed by atoms with Gasteiger partial charge in [0, 0.05) is 36.5 Å². The molecule has 3 aromatic carbocycles. The number of hydrogen-bond donors (Lipinski definition) is 4. The summed E-state index contributed by atoms with van der Waals surface area (Å²) in [4.78, 5) is 25.4. The van der Waals surface area contributed by atoms with Crippen LogP contribution < -0.4 is 16.0 Å². The fourth-order valence-electron chi connectivity index (χ4n) is 3.56. The van der Waals surface area contributed by atoms with Crippen molar-refractivity contribution in [2.24, 2.45) is 0 Å². The normalized spacial score (nSPS) is 10.7. The van der Waals surface area contributed by atoms with E-state index in [9.17, 15) is 14.3 Å². The highest BCUT2D eigenvalue weighted by Gasteiger charge is 2.08. The number of Topliss-reactive ketones (excluding diaryl/α,β-unsaturated/α-hetero) is 1. The zero-order chi connectivity index (χ0) is 28.0. The van der Waals surface area contributed by atoms with Crippen molar-refractivity contribution in [2.45, 2.75) is 12.8 Å². The van der Waals surface area contributed by atoms with Crippen molar-refractivity contribution in [3.8, 4) is 5.75 Å². The highest BCUT2D eigenvalue weighted by Crippen LogP contribution is 2.20. The number of aromatic nitrogens is 3. The number of nitrogens with zero attached hydrogens (tertiary/aromatic N) is 3. The molecule has 4 N–H and O–H groups in total. The summed E-state index contributed by atoms with van der Waals surface area (Å²) < 4.78 is 24.1. The number of ketones is 1. The van der Waals surface area contributed by atoms with E-state index in [1.165, 1.54) is 24.3 Å². The summed E-state index contributed by atoms with van der Waals surface area (Å²) >= 11 is 0. The van der Waals surface area contributed by atoms with Crippen molar-refractivity contribution >= 4 is 35.0 Å². The molecule has 208 valence electrons. The Bertz CT molecular complexity index is 1340. The Labute approximate surface area is 231 Å². The van der Waals surface area contributed by atoms with Gasteiger partial charge in [-0.15, -0.1) is 0 Å². The van der Waals surface area contributed by atoms with E-state index in [-0.39, 0.29) is 17.3 Å². The van der Waals surface area contributed by atoms with Crippen molar-refractivity contribution in [3.63, 3.8) is 0 Å². The number of ether oxygens (including phenoxy) is 2. The average Bonchev–Trinajstić information content (AvgIpc) is 2.96. The SMILES string of the molecule is O=C(CCCOCCOCCNc1nc(Nc2ccccc2)nc(Nc2ccc(O)cc2)n1)c1ccc(F)cc1. The maximum Gasteiger partial charge on any atom is 0.233 e. The zero-order valence-corrected chi connectivity index (χ0v) is 21.8. The number of rotatable bonds is 16. The summed E-state index contributed by atoms with van der Waals surface area (Å²) in [5, 5.41) is 18.9. The third-order valence-corrected chi connectivity index (χ3v) is 5.55. The van der Waals surface area contributed by atoms with Crippen LogP contribution in [0.25, 0.3) is 0 Å². The minimum absolute atomic E-state index is 0.0344. The lowest BCUT2D eigenvalue weighted by Gasteiger charge is -2.12. The van der Waals surface area contributed by atoms with Gasteiger partial charge in [-0.25, -0.2) is 4.39 Å². The molecular weight excluding hydrogens is 515 g/mol. The number of hydrogen-bond acceptors (Lipinski definition) is 10. The molecule has 0 aliphatic heterocycles. The van der Waals surface area contributed by atoms with Gasteiger partial charge in [0.1, 0.15) is 11.6 Å². The lowest BCUT2D eigenvalue weighted by Crippen LogP contribution is -2.15. The molecule has 0 aliphatic rings. The number of anilines is 5. The molecule has 0 amide bonds. The predicted molar refractivity (Wildman–Crippen MR) is 151 cm³/mol. The van der Waals surface area contributed by atoms with E-state index in [2.05, 4.69) is 30.9 Å². The van der Waals surface area contributed by atoms with Gasteiger partial charge in [0.2, 0.25) is 17.8 Å². The van der Waals surface area contributed by atoms with Gasteiger partial charge in [0.25, 0.3) is 0 Å². The van der Waals surface area contributed by atoms with Crippen LogP contribution in [-0.2, 0) is 9.47 Å². The molecule has 0 saturated carbocycles. The first-order valence-corrected chi connectivity index (χ1v) is 12.9. The molecule has 1 aromatic heterocycles. The Morgan fingerprint density at radius 2 is 1.32 bits per heavy atom. The zero-order valence-electron chi connectivity index (χ0n) is 21.8. The number of nitrogens with one attached hydrogen (secondary N) is 3. The van der Waals surface area contributed by atoms with Crippen molar-refractivity contribution in [1.82, 2.24) is 15.0 Å². The van der Waals surface area contributed by atoms with Gasteiger partial charge in [-0.05, 0) is 67.1 Å². The number of aromatic hydroxyl groups is 1. The van der Waals surface area contributed by atoms with Gasteiger partial charge in [-0.3, -0.25) is 4.79 Å². The topological polar surface area (TPSA) is 131 Å². The van der Waals surface area contributed by atoms with E-state index in [4.69, 9.17) is 9.47 Å². The Morgan fingerprint density at radius 3 is 2.00 bits per heavy atom. The lowest BCUT2D eigenvalue weighted by molar-refractivity contribution is 0.0497. The van der Waals surface area contributed by atoms with Crippen LogP contribution in [0.15, 0.2) is 78.9 Å². The van der Waals surface area contributed by atoms with Gasteiger partial charge in [-0.2, -0.15) is 15.0 Å². The van der Waals surface area contributed by atoms with Crippen molar-refractivity contribution < 1.29 is 23.8 Å². The fourth-order valence-corrected chi connectivity index (χ4v) is 3.56. The molecule has 0 atom stereocenters. The van der Waals surface area contributed by atoms with Crippen molar-refractivity contribution in [3.05, 3.63) is 90.2 Å². The standard InChI is InChI=1S/C29H31FN6O4/c30-22-10-8-21(9-11-22)26(38)7-4-17-39-19-20-40-18-16-31-27-34-28(32-23-5-2-1-3-6-23)36-29(35-27)33-24-12-14-25(37)15-13-24/h1-3,5-6,8-15,37H,4,7,16-20H2,(H3,31,32,33,34,35,36). The van der Waals surface area contributed by atoms with Crippen LogP contribution in [0.1, 0.15) is 23.2 Å². The number of benzene rings is 3. The molecule has 0 aliphatic carbocycles. The van der Waals surface area contributed by atoms with E-state index >= 15 is 0 Å². The Balaban J connectivity index is 1.17. The van der Waals surface area contributed by atoms with E-state index < -0.39 is 0 Å². The lowest BCUT2D eigenvalue weighted by atomic mass is 10.1. The van der Waals surface area contributed by atoms with E-state index in [1.54, 1.807) is 24.3 Å². The number of phenols is 1. The van der Waals surface area contributed by atoms with Crippen LogP contribution in [0.2, 0.25) is 0 Å². The second kappa shape index (κ2) is 15.1. The van der Waals surface area contributed by atoms with Crippen LogP contribution in [0.3, 0.4) is 0 Å². The fraction of sp³-hybridized carbons (Fsp3) is 0.241. The monoisotopic (exact) mass is 546 g/mol.